The lowest BCUT2D eigenvalue weighted by Gasteiger charge is -2.19. The summed E-state index contributed by atoms with van der Waals surface area (Å²) in [7, 11) is 1.28. The van der Waals surface area contributed by atoms with E-state index in [1.165, 1.54) is 7.11 Å². The number of esters is 2. The summed E-state index contributed by atoms with van der Waals surface area (Å²) in [4.78, 5) is 63.3. The van der Waals surface area contributed by atoms with E-state index >= 15 is 0 Å². The van der Waals surface area contributed by atoms with Crippen LogP contribution in [0, 0.1) is 31.6 Å². The number of aromatic nitrogens is 3. The molecule has 2 aliphatic heterocycles. The molecule has 6 rings (SSSR count). The molecular formula is C39H42N4O6. The fraction of sp³-hybridized carbons (Fsp3) is 0.333. The maximum atomic E-state index is 14.2. The minimum Gasteiger partial charge on any atom is -0.468 e. The number of nitrogens with one attached hydrogen (secondary N) is 4. The number of fused-ring (bicyclic) bond motifs is 7. The predicted molar refractivity (Wildman–Crippen MR) is 189 cm³/mol. The van der Waals surface area contributed by atoms with Crippen LogP contribution in [0.2, 0.25) is 0 Å². The summed E-state index contributed by atoms with van der Waals surface area (Å²) in [6.07, 6.45) is 13.3. The van der Waals surface area contributed by atoms with Gasteiger partial charge in [-0.3, -0.25) is 19.2 Å². The van der Waals surface area contributed by atoms with Crippen LogP contribution in [0.3, 0.4) is 0 Å². The van der Waals surface area contributed by atoms with Crippen LogP contribution >= 0.6 is 0 Å². The van der Waals surface area contributed by atoms with E-state index in [2.05, 4.69) is 33.8 Å². The van der Waals surface area contributed by atoms with E-state index in [9.17, 15) is 19.2 Å². The Morgan fingerprint density at radius 3 is 2.41 bits per heavy atom. The number of methoxy groups -OCH3 is 1. The summed E-state index contributed by atoms with van der Waals surface area (Å²) in [6.45, 7) is 14.1. The zero-order valence-electron chi connectivity index (χ0n) is 28.8. The lowest BCUT2D eigenvalue weighted by Crippen LogP contribution is -2.25. The fourth-order valence-electron chi connectivity index (χ4n) is 7.53. The standard InChI is InChI=1S/C39H42N4O6/c1-8-11-14-49-32(45)13-12-24-20(5)27-15-26-19(4)22(9-2)29(40-26)17-31-25(18-44)23(10-3)30(41-31)16-28-21(6)33-37(43-28)34(36(24)42-27)35(38(33)46)39(47)48-7/h8-9,11,15-18,20,24,35,40-43H,2,10,12-14H2,1,3-7H3/b11-8-,27-15-,30-16-,31-17-,36-34-/t20-,24-,35+/m0/s1. The smallest absolute Gasteiger partial charge is 0.321 e. The van der Waals surface area contributed by atoms with Gasteiger partial charge in [0.2, 0.25) is 0 Å². The highest BCUT2D eigenvalue weighted by atomic mass is 16.5. The first-order valence-corrected chi connectivity index (χ1v) is 16.7. The number of allylic oxidation sites excluding steroid dienone is 3. The van der Waals surface area contributed by atoms with Gasteiger partial charge in [0, 0.05) is 74.3 Å². The number of carbonyl (C=O) groups is 4. The molecule has 0 amide bonds. The molecular weight excluding hydrogens is 620 g/mol. The highest BCUT2D eigenvalue weighted by Crippen LogP contribution is 2.48. The average Bonchev–Trinajstić information content (AvgIpc) is 3.84. The molecule has 3 aromatic rings. The van der Waals surface area contributed by atoms with Gasteiger partial charge in [-0.1, -0.05) is 38.7 Å². The Labute approximate surface area is 284 Å². The summed E-state index contributed by atoms with van der Waals surface area (Å²) in [6, 6.07) is 0. The number of ketones is 1. The van der Waals surface area contributed by atoms with E-state index in [0.717, 1.165) is 45.4 Å². The third-order valence-electron chi connectivity index (χ3n) is 10.2. The lowest BCUT2D eigenvalue weighted by molar-refractivity contribution is -0.143. The molecule has 0 saturated carbocycles. The highest BCUT2D eigenvalue weighted by molar-refractivity contribution is 6.24. The molecule has 10 heteroatoms. The van der Waals surface area contributed by atoms with Crippen molar-refractivity contribution in [2.24, 2.45) is 17.8 Å². The van der Waals surface area contributed by atoms with Crippen LogP contribution in [0.15, 0.2) is 30.1 Å². The fourth-order valence-corrected chi connectivity index (χ4v) is 7.53. The number of Topliss-reactive ketones (excluding diaryl/α,β-unsaturated/α-hetero) is 1. The SMILES string of the molecule is C=Cc1c2[nH]c(c1C)/C=C1\N/C(=C3\c4[nH]c(c(C)c4C(=O)[C@@H]3C(=O)OC)/C=c3\[nH]/c(c(C=O)c3CC)=C\2)[C@@H](CCC(=O)OC/C=C\C)[C@@H]1C. The van der Waals surface area contributed by atoms with Crippen molar-refractivity contribution in [2.45, 2.75) is 53.9 Å². The number of aldehydes is 1. The minimum absolute atomic E-state index is 0.123. The molecule has 49 heavy (non-hydrogen) atoms. The first-order chi connectivity index (χ1) is 23.6. The van der Waals surface area contributed by atoms with Crippen molar-refractivity contribution < 1.29 is 28.7 Å². The first-order valence-electron chi connectivity index (χ1n) is 16.7. The van der Waals surface area contributed by atoms with Gasteiger partial charge in [0.25, 0.3) is 0 Å². The summed E-state index contributed by atoms with van der Waals surface area (Å²) in [5.74, 6) is -2.87. The molecule has 3 aromatic heterocycles. The third kappa shape index (κ3) is 5.54. The Hall–Kier alpha value is -5.38. The molecule has 254 valence electrons. The van der Waals surface area contributed by atoms with E-state index in [1.807, 2.05) is 52.0 Å². The molecule has 0 radical (unpaired) electrons. The van der Waals surface area contributed by atoms with Gasteiger partial charge in [-0.15, -0.1) is 0 Å². The Balaban J connectivity index is 1.66. The highest BCUT2D eigenvalue weighted by Gasteiger charge is 2.48. The summed E-state index contributed by atoms with van der Waals surface area (Å²) < 4.78 is 10.6. The molecule has 0 spiro atoms. The van der Waals surface area contributed by atoms with Gasteiger partial charge in [0.05, 0.1) is 18.2 Å². The van der Waals surface area contributed by atoms with Crippen LogP contribution in [0.25, 0.3) is 29.9 Å². The average molecular weight is 663 g/mol. The van der Waals surface area contributed by atoms with Gasteiger partial charge in [-0.25, -0.2) is 0 Å². The minimum atomic E-state index is -1.18. The Bertz CT molecular complexity index is 2130. The van der Waals surface area contributed by atoms with Crippen molar-refractivity contribution in [2.75, 3.05) is 13.7 Å². The van der Waals surface area contributed by atoms with Crippen molar-refractivity contribution in [1.82, 2.24) is 20.3 Å². The second-order valence-corrected chi connectivity index (χ2v) is 12.8. The van der Waals surface area contributed by atoms with Crippen LogP contribution in [0.5, 0.6) is 0 Å². The molecule has 1 aliphatic carbocycles. The van der Waals surface area contributed by atoms with E-state index in [-0.39, 0.29) is 36.6 Å². The molecule has 5 heterocycles. The van der Waals surface area contributed by atoms with Crippen molar-refractivity contribution in [3.8, 4) is 0 Å². The number of ether oxygens (including phenoxy) is 2. The third-order valence-corrected chi connectivity index (χ3v) is 10.2. The van der Waals surface area contributed by atoms with Crippen LogP contribution in [0.4, 0.5) is 0 Å². The van der Waals surface area contributed by atoms with E-state index in [1.54, 1.807) is 12.2 Å². The van der Waals surface area contributed by atoms with Gasteiger partial charge in [-0.2, -0.15) is 0 Å². The lowest BCUT2D eigenvalue weighted by atomic mass is 9.85. The topological polar surface area (TPSA) is 146 Å². The second kappa shape index (κ2) is 13.3. The Morgan fingerprint density at radius 1 is 1.00 bits per heavy atom. The van der Waals surface area contributed by atoms with Gasteiger partial charge >= 0.3 is 11.9 Å². The molecule has 3 atom stereocenters. The van der Waals surface area contributed by atoms with Crippen LogP contribution < -0.4 is 16.0 Å². The zero-order valence-corrected chi connectivity index (χ0v) is 28.8. The number of carbonyl (C=O) groups excluding carboxylic acids is 4. The largest absolute Gasteiger partial charge is 0.468 e. The normalized spacial score (nSPS) is 23.3. The Morgan fingerprint density at radius 2 is 1.73 bits per heavy atom. The number of aromatic amines is 3. The van der Waals surface area contributed by atoms with Crippen LogP contribution in [-0.4, -0.2) is 52.7 Å². The maximum absolute atomic E-state index is 14.2. The number of hydrogen-bond acceptors (Lipinski definition) is 7. The van der Waals surface area contributed by atoms with E-state index in [0.29, 0.717) is 57.5 Å². The summed E-state index contributed by atoms with van der Waals surface area (Å²) >= 11 is 0. The van der Waals surface area contributed by atoms with Gasteiger partial charge < -0.3 is 29.7 Å². The van der Waals surface area contributed by atoms with Gasteiger partial charge in [0.15, 0.2) is 12.1 Å². The molecule has 8 bridgehead atoms. The molecule has 3 aliphatic rings. The number of hydrogen-bond donors (Lipinski definition) is 4. The molecule has 1 saturated heterocycles. The second-order valence-electron chi connectivity index (χ2n) is 12.8. The van der Waals surface area contributed by atoms with E-state index < -0.39 is 11.9 Å². The molecule has 1 fully saturated rings. The Kier molecular flexibility index (Phi) is 9.07. The summed E-state index contributed by atoms with van der Waals surface area (Å²) in [5, 5.41) is 5.01. The summed E-state index contributed by atoms with van der Waals surface area (Å²) in [5.41, 5.74) is 9.33. The number of rotatable bonds is 9. The van der Waals surface area contributed by atoms with Crippen molar-refractivity contribution in [1.29, 1.82) is 0 Å². The quantitative estimate of drug-likeness (QED) is 0.112. The van der Waals surface area contributed by atoms with Crippen LogP contribution in [0.1, 0.15) is 99.4 Å². The first kappa shape index (κ1) is 33.5. The zero-order chi connectivity index (χ0) is 35.1. The van der Waals surface area contributed by atoms with Gasteiger partial charge in [-0.05, 0) is 68.5 Å². The van der Waals surface area contributed by atoms with E-state index in [4.69, 9.17) is 9.47 Å². The van der Waals surface area contributed by atoms with Gasteiger partial charge in [0.1, 0.15) is 12.5 Å². The molecule has 10 nitrogen and oxygen atoms in total. The molecule has 0 aromatic carbocycles. The predicted octanol–water partition coefficient (Wildman–Crippen LogP) is 4.77. The monoisotopic (exact) mass is 662 g/mol. The number of H-pyrrole nitrogens is 3. The van der Waals surface area contributed by atoms with Crippen LogP contribution in [-0.2, 0) is 25.5 Å². The van der Waals surface area contributed by atoms with Crippen molar-refractivity contribution in [3.63, 3.8) is 0 Å². The molecule has 0 unspecified atom stereocenters. The maximum Gasteiger partial charge on any atom is 0.321 e. The molecule has 4 N–H and O–H groups in total. The van der Waals surface area contributed by atoms with Crippen molar-refractivity contribution in [3.05, 3.63) is 97.0 Å². The van der Waals surface area contributed by atoms with Crippen molar-refractivity contribution >= 4 is 53.9 Å².